The number of carbonyl (C=O) groups is 1. The monoisotopic (exact) mass is 359 g/mol. The molecule has 26 heavy (non-hydrogen) atoms. The van der Waals surface area contributed by atoms with Gasteiger partial charge in [0.05, 0.1) is 12.6 Å². The lowest BCUT2D eigenvalue weighted by molar-refractivity contribution is 0.0736. The van der Waals surface area contributed by atoms with Crippen molar-refractivity contribution in [1.29, 1.82) is 0 Å². The van der Waals surface area contributed by atoms with E-state index in [9.17, 15) is 4.79 Å². The molecule has 0 atom stereocenters. The van der Waals surface area contributed by atoms with Gasteiger partial charge in [-0.15, -0.1) is 0 Å². The largest absolute Gasteiger partial charge is 0.497 e. The van der Waals surface area contributed by atoms with Crippen molar-refractivity contribution in [2.75, 3.05) is 27.7 Å². The van der Waals surface area contributed by atoms with Crippen LogP contribution in [0.25, 0.3) is 10.9 Å². The van der Waals surface area contributed by atoms with Gasteiger partial charge in [-0.2, -0.15) is 0 Å². The minimum atomic E-state index is -0.320. The van der Waals surface area contributed by atoms with Crippen molar-refractivity contribution >= 4 is 17.0 Å². The lowest BCUT2D eigenvalue weighted by Gasteiger charge is -2.25. The molecule has 0 bridgehead atoms. The number of benzene rings is 1. The molecule has 142 valence electrons. The van der Waals surface area contributed by atoms with Crippen molar-refractivity contribution in [3.05, 3.63) is 30.0 Å². The number of ether oxygens (including phenoxy) is 2. The second kappa shape index (κ2) is 8.10. The van der Waals surface area contributed by atoms with Gasteiger partial charge in [0.1, 0.15) is 11.9 Å². The summed E-state index contributed by atoms with van der Waals surface area (Å²) in [6, 6.07) is 6.08. The molecule has 1 aliphatic rings. The Hall–Kier alpha value is -2.05. The van der Waals surface area contributed by atoms with Gasteiger partial charge in [-0.05, 0) is 63.9 Å². The molecule has 2 N–H and O–H groups in total. The van der Waals surface area contributed by atoms with Crippen LogP contribution in [0.3, 0.4) is 0 Å². The number of nitrogens with two attached hydrogens (primary N) is 1. The Morgan fingerprint density at radius 1 is 1.27 bits per heavy atom. The zero-order valence-electron chi connectivity index (χ0n) is 15.9. The smallest absolute Gasteiger partial charge is 0.418 e. The Morgan fingerprint density at radius 3 is 2.65 bits per heavy atom. The first-order valence-corrected chi connectivity index (χ1v) is 9.27. The summed E-state index contributed by atoms with van der Waals surface area (Å²) in [5.41, 5.74) is 7.91. The number of aromatic nitrogens is 1. The van der Waals surface area contributed by atoms with Crippen LogP contribution in [0.2, 0.25) is 0 Å². The molecule has 1 heterocycles. The highest BCUT2D eigenvalue weighted by atomic mass is 16.6. The summed E-state index contributed by atoms with van der Waals surface area (Å²) in [4.78, 5) is 15.0. The van der Waals surface area contributed by atoms with E-state index in [1.165, 1.54) is 0 Å². The van der Waals surface area contributed by atoms with Crippen LogP contribution >= 0.6 is 0 Å². The van der Waals surface area contributed by atoms with E-state index in [4.69, 9.17) is 15.2 Å². The molecular weight excluding hydrogens is 330 g/mol. The minimum Gasteiger partial charge on any atom is -0.497 e. The fraction of sp³-hybridized carbons (Fsp3) is 0.550. The molecule has 1 aliphatic carbocycles. The summed E-state index contributed by atoms with van der Waals surface area (Å²) in [5, 5.41) is 1.07. The molecule has 3 rings (SSSR count). The number of rotatable bonds is 5. The van der Waals surface area contributed by atoms with Gasteiger partial charge in [0.15, 0.2) is 0 Å². The van der Waals surface area contributed by atoms with E-state index in [0.29, 0.717) is 0 Å². The van der Waals surface area contributed by atoms with Crippen LogP contribution in [-0.4, -0.2) is 55.5 Å². The minimum absolute atomic E-state index is 0.0458. The summed E-state index contributed by atoms with van der Waals surface area (Å²) in [6.45, 7) is 0.917. The summed E-state index contributed by atoms with van der Waals surface area (Å²) >= 11 is 0. The number of methoxy groups -OCH3 is 1. The predicted octanol–water partition coefficient (Wildman–Crippen LogP) is 3.01. The van der Waals surface area contributed by atoms with Crippen molar-refractivity contribution in [1.82, 2.24) is 9.47 Å². The van der Waals surface area contributed by atoms with Gasteiger partial charge in [0, 0.05) is 30.2 Å². The Balaban J connectivity index is 1.86. The van der Waals surface area contributed by atoms with E-state index in [1.54, 1.807) is 11.7 Å². The van der Waals surface area contributed by atoms with Gasteiger partial charge in [-0.1, -0.05) is 0 Å². The summed E-state index contributed by atoms with van der Waals surface area (Å²) in [5.74, 6) is 0.729. The summed E-state index contributed by atoms with van der Waals surface area (Å²) < 4.78 is 12.7. The maximum absolute atomic E-state index is 12.8. The molecule has 1 aromatic carbocycles. The number of carbonyl (C=O) groups excluding carboxylic acids is 1. The lowest BCUT2D eigenvalue weighted by Crippen LogP contribution is -2.32. The fourth-order valence-electron chi connectivity index (χ4n) is 3.50. The van der Waals surface area contributed by atoms with Crippen molar-refractivity contribution < 1.29 is 14.3 Å². The molecular formula is C20H29N3O3. The Labute approximate surface area is 154 Å². The van der Waals surface area contributed by atoms with E-state index < -0.39 is 0 Å². The first kappa shape index (κ1) is 18.7. The van der Waals surface area contributed by atoms with Gasteiger partial charge < -0.3 is 20.1 Å². The van der Waals surface area contributed by atoms with Crippen LogP contribution in [0.1, 0.15) is 31.2 Å². The number of hydrogen-bond donors (Lipinski definition) is 1. The van der Waals surface area contributed by atoms with Crippen LogP contribution in [0.5, 0.6) is 5.75 Å². The molecule has 0 amide bonds. The third-order valence-electron chi connectivity index (χ3n) is 5.11. The standard InChI is InChI=1S/C20H29N3O3/c1-22(2)11-10-14-13-23(19-12-17(25-3)8-9-18(14)19)20(24)26-16-6-4-15(21)5-7-16/h8-9,12-13,15-16H,4-7,10-11,21H2,1-3H3. The Morgan fingerprint density at radius 2 is 2.00 bits per heavy atom. The predicted molar refractivity (Wildman–Crippen MR) is 103 cm³/mol. The molecule has 1 saturated carbocycles. The van der Waals surface area contributed by atoms with Crippen LogP contribution in [0, 0.1) is 0 Å². The maximum Gasteiger partial charge on any atom is 0.418 e. The topological polar surface area (TPSA) is 69.7 Å². The fourth-order valence-corrected chi connectivity index (χ4v) is 3.50. The van der Waals surface area contributed by atoms with Gasteiger partial charge in [0.2, 0.25) is 0 Å². The zero-order valence-corrected chi connectivity index (χ0v) is 15.9. The first-order valence-electron chi connectivity index (χ1n) is 9.27. The van der Waals surface area contributed by atoms with Crippen molar-refractivity contribution in [2.24, 2.45) is 5.73 Å². The quantitative estimate of drug-likeness (QED) is 0.889. The van der Waals surface area contributed by atoms with E-state index in [-0.39, 0.29) is 18.2 Å². The average Bonchev–Trinajstić information content (AvgIpc) is 2.99. The third kappa shape index (κ3) is 4.19. The number of nitrogens with zero attached hydrogens (tertiary/aromatic N) is 2. The van der Waals surface area contributed by atoms with Crippen LogP contribution in [0.4, 0.5) is 4.79 Å². The second-order valence-corrected chi connectivity index (χ2v) is 7.38. The third-order valence-corrected chi connectivity index (χ3v) is 5.11. The van der Waals surface area contributed by atoms with E-state index in [2.05, 4.69) is 4.90 Å². The zero-order chi connectivity index (χ0) is 18.7. The van der Waals surface area contributed by atoms with Crippen molar-refractivity contribution in [3.8, 4) is 5.75 Å². The van der Waals surface area contributed by atoms with Crippen LogP contribution in [0.15, 0.2) is 24.4 Å². The molecule has 6 heteroatoms. The highest BCUT2D eigenvalue weighted by Crippen LogP contribution is 2.28. The normalized spacial score (nSPS) is 20.5. The van der Waals surface area contributed by atoms with Gasteiger partial charge in [0.25, 0.3) is 0 Å². The molecule has 0 aliphatic heterocycles. The van der Waals surface area contributed by atoms with Gasteiger partial charge in [-0.3, -0.25) is 4.57 Å². The van der Waals surface area contributed by atoms with Crippen molar-refractivity contribution in [3.63, 3.8) is 0 Å². The summed E-state index contributed by atoms with van der Waals surface area (Å²) in [7, 11) is 5.72. The molecule has 0 radical (unpaired) electrons. The molecule has 1 fully saturated rings. The lowest BCUT2D eigenvalue weighted by atomic mass is 9.94. The molecule has 0 spiro atoms. The average molecular weight is 359 g/mol. The molecule has 6 nitrogen and oxygen atoms in total. The Bertz CT molecular complexity index is 761. The van der Waals surface area contributed by atoms with Crippen LogP contribution < -0.4 is 10.5 Å². The highest BCUT2D eigenvalue weighted by molar-refractivity contribution is 5.92. The Kier molecular flexibility index (Phi) is 5.84. The number of hydrogen-bond acceptors (Lipinski definition) is 5. The van der Waals surface area contributed by atoms with E-state index in [1.807, 2.05) is 38.5 Å². The van der Waals surface area contributed by atoms with Gasteiger partial charge >= 0.3 is 6.09 Å². The SMILES string of the molecule is COc1ccc2c(CCN(C)C)cn(C(=O)OC3CCC(N)CC3)c2c1. The van der Waals surface area contributed by atoms with Gasteiger partial charge in [-0.25, -0.2) is 4.79 Å². The molecule has 2 aromatic rings. The molecule has 0 unspecified atom stereocenters. The van der Waals surface area contributed by atoms with E-state index >= 15 is 0 Å². The molecule has 1 aromatic heterocycles. The first-order chi connectivity index (χ1) is 12.5. The van der Waals surface area contributed by atoms with Crippen molar-refractivity contribution in [2.45, 2.75) is 44.2 Å². The second-order valence-electron chi connectivity index (χ2n) is 7.38. The molecule has 0 saturated heterocycles. The van der Waals surface area contributed by atoms with Crippen LogP contribution in [-0.2, 0) is 11.2 Å². The van der Waals surface area contributed by atoms with E-state index in [0.717, 1.165) is 60.9 Å². The highest BCUT2D eigenvalue weighted by Gasteiger charge is 2.24. The summed E-state index contributed by atoms with van der Waals surface area (Å²) in [6.07, 6.45) is 5.90. The number of likely N-dealkylation sites (N-methyl/N-ethyl adjacent to an activating group) is 1. The maximum atomic E-state index is 12.8. The number of fused-ring (bicyclic) bond motifs is 1.